The monoisotopic (exact) mass is 217 g/mol. The van der Waals surface area contributed by atoms with Crippen LogP contribution in [0.25, 0.3) is 0 Å². The first-order chi connectivity index (χ1) is 6.34. The topological polar surface area (TPSA) is 48.4 Å². The van der Waals surface area contributed by atoms with Crippen molar-refractivity contribution in [1.82, 2.24) is 4.98 Å². The molecule has 0 aliphatic heterocycles. The van der Waals surface area contributed by atoms with Crippen molar-refractivity contribution in [2.75, 3.05) is 20.3 Å². The highest BCUT2D eigenvalue weighted by Crippen LogP contribution is 1.98. The Morgan fingerprint density at radius 2 is 2.29 bits per heavy atom. The van der Waals surface area contributed by atoms with Gasteiger partial charge in [-0.1, -0.05) is 0 Å². The van der Waals surface area contributed by atoms with Crippen LogP contribution in [0.5, 0.6) is 0 Å². The van der Waals surface area contributed by atoms with E-state index in [0.717, 1.165) is 0 Å². The third kappa shape index (κ3) is 4.20. The Bertz CT molecular complexity index is 266. The van der Waals surface area contributed by atoms with Crippen molar-refractivity contribution in [2.45, 2.75) is 0 Å². The second-order valence-electron chi connectivity index (χ2n) is 2.37. The Morgan fingerprint density at radius 3 is 2.86 bits per heavy atom. The number of carbonyl (C=O) groups excluding carboxylic acids is 1. The van der Waals surface area contributed by atoms with E-state index < -0.39 is 0 Å². The van der Waals surface area contributed by atoms with Crippen LogP contribution in [0.1, 0.15) is 10.4 Å². The van der Waals surface area contributed by atoms with Crippen LogP contribution in [0.3, 0.4) is 0 Å². The number of ether oxygens (including phenoxy) is 2. The quantitative estimate of drug-likeness (QED) is 0.564. The number of halogens is 1. The lowest BCUT2D eigenvalue weighted by atomic mass is 10.3. The molecule has 0 amide bonds. The van der Waals surface area contributed by atoms with Crippen LogP contribution in [0.4, 0.5) is 0 Å². The molecule has 0 aliphatic carbocycles. The van der Waals surface area contributed by atoms with Crippen molar-refractivity contribution in [2.24, 2.45) is 0 Å². The van der Waals surface area contributed by atoms with E-state index in [1.54, 1.807) is 25.4 Å². The highest BCUT2D eigenvalue weighted by Gasteiger charge is 2.04. The van der Waals surface area contributed by atoms with Crippen LogP contribution in [0.2, 0.25) is 0 Å². The minimum atomic E-state index is -0.370. The van der Waals surface area contributed by atoms with Gasteiger partial charge in [-0.05, 0) is 12.1 Å². The van der Waals surface area contributed by atoms with Crippen LogP contribution >= 0.6 is 12.4 Å². The van der Waals surface area contributed by atoms with Gasteiger partial charge in [-0.25, -0.2) is 4.79 Å². The van der Waals surface area contributed by atoms with Gasteiger partial charge in [0.1, 0.15) is 6.61 Å². The van der Waals surface area contributed by atoms with Gasteiger partial charge in [0.05, 0.1) is 12.2 Å². The molecule has 0 spiro atoms. The predicted molar refractivity (Wildman–Crippen MR) is 53.6 cm³/mol. The summed E-state index contributed by atoms with van der Waals surface area (Å²) in [6.07, 6.45) is 3.07. The second-order valence-corrected chi connectivity index (χ2v) is 2.37. The fourth-order valence-electron chi connectivity index (χ4n) is 0.785. The summed E-state index contributed by atoms with van der Waals surface area (Å²) in [6.45, 7) is 0.677. The number of esters is 1. The molecular formula is C9H12ClNO3. The molecule has 0 saturated heterocycles. The third-order valence-corrected chi connectivity index (χ3v) is 1.42. The Balaban J connectivity index is 0.00000169. The van der Waals surface area contributed by atoms with Gasteiger partial charge in [-0.15, -0.1) is 12.4 Å². The zero-order chi connectivity index (χ0) is 9.52. The number of carbonyl (C=O) groups is 1. The number of rotatable bonds is 4. The van der Waals surface area contributed by atoms with E-state index >= 15 is 0 Å². The molecule has 78 valence electrons. The molecule has 0 aliphatic rings. The smallest absolute Gasteiger partial charge is 0.339 e. The standard InChI is InChI=1S/C9H11NO3.ClH/c1-12-5-6-13-9(11)8-3-2-4-10-7-8;/h2-4,7H,5-6H2,1H3;1H. The summed E-state index contributed by atoms with van der Waals surface area (Å²) in [5.74, 6) is -0.370. The van der Waals surface area contributed by atoms with Crippen LogP contribution in [-0.4, -0.2) is 31.3 Å². The molecule has 0 bridgehead atoms. The zero-order valence-corrected chi connectivity index (χ0v) is 8.62. The van der Waals surface area contributed by atoms with Crippen molar-refractivity contribution in [3.8, 4) is 0 Å². The maximum Gasteiger partial charge on any atom is 0.339 e. The van der Waals surface area contributed by atoms with Gasteiger partial charge in [-0.3, -0.25) is 4.98 Å². The number of nitrogens with zero attached hydrogens (tertiary/aromatic N) is 1. The molecule has 0 unspecified atom stereocenters. The van der Waals surface area contributed by atoms with E-state index in [9.17, 15) is 4.79 Å². The van der Waals surface area contributed by atoms with E-state index in [-0.39, 0.29) is 25.0 Å². The molecule has 14 heavy (non-hydrogen) atoms. The van der Waals surface area contributed by atoms with E-state index in [1.807, 2.05) is 0 Å². The van der Waals surface area contributed by atoms with Gasteiger partial charge in [-0.2, -0.15) is 0 Å². The van der Waals surface area contributed by atoms with E-state index in [1.165, 1.54) is 6.20 Å². The average molecular weight is 218 g/mol. The second kappa shape index (κ2) is 7.29. The summed E-state index contributed by atoms with van der Waals surface area (Å²) in [5.41, 5.74) is 0.457. The Kier molecular flexibility index (Phi) is 6.70. The molecule has 0 atom stereocenters. The lowest BCUT2D eigenvalue weighted by molar-refractivity contribution is 0.0387. The first-order valence-electron chi connectivity index (χ1n) is 3.90. The van der Waals surface area contributed by atoms with Gasteiger partial charge in [0.2, 0.25) is 0 Å². The average Bonchev–Trinajstić information content (AvgIpc) is 2.19. The maximum absolute atomic E-state index is 11.2. The van der Waals surface area contributed by atoms with E-state index in [2.05, 4.69) is 4.98 Å². The highest BCUT2D eigenvalue weighted by molar-refractivity contribution is 5.88. The fraction of sp³-hybridized carbons (Fsp3) is 0.333. The lowest BCUT2D eigenvalue weighted by Crippen LogP contribution is -2.09. The minimum Gasteiger partial charge on any atom is -0.460 e. The number of hydrogen-bond acceptors (Lipinski definition) is 4. The van der Waals surface area contributed by atoms with Crippen LogP contribution in [0, 0.1) is 0 Å². The maximum atomic E-state index is 11.2. The molecule has 1 heterocycles. The summed E-state index contributed by atoms with van der Waals surface area (Å²) >= 11 is 0. The molecule has 0 radical (unpaired) electrons. The first kappa shape index (κ1) is 12.9. The molecule has 0 saturated carbocycles. The minimum absolute atomic E-state index is 0. The molecule has 1 aromatic rings. The highest BCUT2D eigenvalue weighted by atomic mass is 35.5. The molecular weight excluding hydrogens is 206 g/mol. The lowest BCUT2D eigenvalue weighted by Gasteiger charge is -2.02. The van der Waals surface area contributed by atoms with Crippen molar-refractivity contribution in [1.29, 1.82) is 0 Å². The number of pyridine rings is 1. The van der Waals surface area contributed by atoms with Gasteiger partial charge >= 0.3 is 5.97 Å². The van der Waals surface area contributed by atoms with Crippen LogP contribution in [-0.2, 0) is 9.47 Å². The van der Waals surface area contributed by atoms with Crippen LogP contribution < -0.4 is 0 Å². The normalized spacial score (nSPS) is 8.93. The molecule has 1 aromatic heterocycles. The molecule has 5 heteroatoms. The van der Waals surface area contributed by atoms with Crippen molar-refractivity contribution < 1.29 is 14.3 Å². The summed E-state index contributed by atoms with van der Waals surface area (Å²) in [6, 6.07) is 3.34. The molecule has 4 nitrogen and oxygen atoms in total. The Labute approximate surface area is 88.7 Å². The largest absolute Gasteiger partial charge is 0.460 e. The molecule has 0 fully saturated rings. The van der Waals surface area contributed by atoms with Gasteiger partial charge < -0.3 is 9.47 Å². The van der Waals surface area contributed by atoms with E-state index in [0.29, 0.717) is 12.2 Å². The third-order valence-electron chi connectivity index (χ3n) is 1.42. The molecule has 0 aromatic carbocycles. The SMILES string of the molecule is COCCOC(=O)c1cccnc1.Cl. The summed E-state index contributed by atoms with van der Waals surface area (Å²) in [4.78, 5) is 15.0. The van der Waals surface area contributed by atoms with Gasteiger partial charge in [0.25, 0.3) is 0 Å². The number of hydrogen-bond donors (Lipinski definition) is 0. The summed E-state index contributed by atoms with van der Waals surface area (Å²) in [7, 11) is 1.55. The van der Waals surface area contributed by atoms with Crippen molar-refractivity contribution in [3.05, 3.63) is 30.1 Å². The summed E-state index contributed by atoms with van der Waals surface area (Å²) < 4.78 is 9.60. The van der Waals surface area contributed by atoms with Crippen molar-refractivity contribution >= 4 is 18.4 Å². The zero-order valence-electron chi connectivity index (χ0n) is 7.80. The van der Waals surface area contributed by atoms with Gasteiger partial charge in [0.15, 0.2) is 0 Å². The van der Waals surface area contributed by atoms with Crippen LogP contribution in [0.15, 0.2) is 24.5 Å². The van der Waals surface area contributed by atoms with Gasteiger partial charge in [0, 0.05) is 19.5 Å². The summed E-state index contributed by atoms with van der Waals surface area (Å²) in [5, 5.41) is 0. The molecule has 1 rings (SSSR count). The Hall–Kier alpha value is -1.13. The molecule has 0 N–H and O–H groups in total. The van der Waals surface area contributed by atoms with Crippen molar-refractivity contribution in [3.63, 3.8) is 0 Å². The van der Waals surface area contributed by atoms with E-state index in [4.69, 9.17) is 9.47 Å². The first-order valence-corrected chi connectivity index (χ1v) is 3.90. The predicted octanol–water partition coefficient (Wildman–Crippen LogP) is 1.31. The Morgan fingerprint density at radius 1 is 1.50 bits per heavy atom. The number of aromatic nitrogens is 1. The fourth-order valence-corrected chi connectivity index (χ4v) is 0.785. The number of methoxy groups -OCH3 is 1.